The highest BCUT2D eigenvalue weighted by Gasteiger charge is 2.40. The number of hydrogen-bond acceptors (Lipinski definition) is 3. The number of nitrogens with zero attached hydrogens (tertiary/aromatic N) is 1. The smallest absolute Gasteiger partial charge is 0.124 e. The molecule has 0 atom stereocenters. The molecule has 0 amide bonds. The summed E-state index contributed by atoms with van der Waals surface area (Å²) in [6.07, 6.45) is 4.36. The van der Waals surface area contributed by atoms with Crippen molar-refractivity contribution in [3.05, 3.63) is 65.5 Å². The number of hydrogen-bond donors (Lipinski definition) is 1. The van der Waals surface area contributed by atoms with Crippen LogP contribution in [-0.4, -0.2) is 30.1 Å². The van der Waals surface area contributed by atoms with Gasteiger partial charge in [0, 0.05) is 31.2 Å². The summed E-state index contributed by atoms with van der Waals surface area (Å²) in [5, 5.41) is 3.41. The van der Waals surface area contributed by atoms with Gasteiger partial charge in [-0.25, -0.2) is 4.39 Å². The van der Waals surface area contributed by atoms with E-state index < -0.39 is 0 Å². The van der Waals surface area contributed by atoms with Gasteiger partial charge in [-0.05, 0) is 56.5 Å². The van der Waals surface area contributed by atoms with E-state index in [0.717, 1.165) is 56.6 Å². The van der Waals surface area contributed by atoms with Gasteiger partial charge in [0.2, 0.25) is 0 Å². The lowest BCUT2D eigenvalue weighted by atomic mass is 9.81. The molecule has 4 heteroatoms. The van der Waals surface area contributed by atoms with Crippen LogP contribution in [0.2, 0.25) is 0 Å². The standard InChI is InChI=1S/C22H27FN2O/c1-24-20-9-11-22(12-10-20)16-25(14-17-5-4-7-19(23)13-17)15-18-6-2-3-8-21(18)26-22/h2-8,13,20,24H,9-12,14-16H2,1H3. The Kier molecular flexibility index (Phi) is 4.96. The minimum absolute atomic E-state index is 0.146. The minimum Gasteiger partial charge on any atom is -0.486 e. The third-order valence-electron chi connectivity index (χ3n) is 5.81. The van der Waals surface area contributed by atoms with E-state index in [2.05, 4.69) is 28.4 Å². The summed E-state index contributed by atoms with van der Waals surface area (Å²) >= 11 is 0. The second-order valence-corrected chi connectivity index (χ2v) is 7.73. The van der Waals surface area contributed by atoms with Crippen LogP contribution in [0.3, 0.4) is 0 Å². The highest BCUT2D eigenvalue weighted by molar-refractivity contribution is 5.35. The van der Waals surface area contributed by atoms with Gasteiger partial charge in [0.1, 0.15) is 17.2 Å². The molecule has 2 aromatic rings. The topological polar surface area (TPSA) is 24.5 Å². The highest BCUT2D eigenvalue weighted by Crippen LogP contribution is 2.38. The van der Waals surface area contributed by atoms with E-state index in [9.17, 15) is 4.39 Å². The lowest BCUT2D eigenvalue weighted by molar-refractivity contribution is -0.00322. The molecule has 3 nitrogen and oxygen atoms in total. The summed E-state index contributed by atoms with van der Waals surface area (Å²) in [7, 11) is 2.04. The molecule has 0 aromatic heterocycles. The number of para-hydroxylation sites is 1. The van der Waals surface area contributed by atoms with E-state index >= 15 is 0 Å². The zero-order chi connectivity index (χ0) is 18.0. The second kappa shape index (κ2) is 7.37. The summed E-state index contributed by atoms with van der Waals surface area (Å²) in [6.45, 7) is 2.46. The van der Waals surface area contributed by atoms with Crippen LogP contribution in [0, 0.1) is 5.82 Å². The van der Waals surface area contributed by atoms with Gasteiger partial charge in [0.15, 0.2) is 0 Å². The molecule has 2 aromatic carbocycles. The van der Waals surface area contributed by atoms with Gasteiger partial charge in [0.05, 0.1) is 0 Å². The Morgan fingerprint density at radius 3 is 2.73 bits per heavy atom. The van der Waals surface area contributed by atoms with Gasteiger partial charge in [-0.15, -0.1) is 0 Å². The monoisotopic (exact) mass is 354 g/mol. The van der Waals surface area contributed by atoms with Gasteiger partial charge in [0.25, 0.3) is 0 Å². The average molecular weight is 354 g/mol. The van der Waals surface area contributed by atoms with E-state index in [0.29, 0.717) is 6.04 Å². The SMILES string of the molecule is CNC1CCC2(CC1)CN(Cc1cccc(F)c1)Cc1ccccc1O2. The molecular weight excluding hydrogens is 327 g/mol. The van der Waals surface area contributed by atoms with Crippen molar-refractivity contribution in [2.24, 2.45) is 0 Å². The maximum atomic E-state index is 13.6. The largest absolute Gasteiger partial charge is 0.486 e. The van der Waals surface area contributed by atoms with Gasteiger partial charge in [-0.3, -0.25) is 4.90 Å². The third-order valence-corrected chi connectivity index (χ3v) is 5.81. The maximum absolute atomic E-state index is 13.6. The first-order valence-corrected chi connectivity index (χ1v) is 9.57. The van der Waals surface area contributed by atoms with Crippen LogP contribution in [0.25, 0.3) is 0 Å². The number of fused-ring (bicyclic) bond motifs is 1. The lowest BCUT2D eigenvalue weighted by Crippen LogP contribution is -2.50. The molecular formula is C22H27FN2O. The first-order valence-electron chi connectivity index (χ1n) is 9.57. The number of nitrogens with one attached hydrogen (secondary N) is 1. The first-order chi connectivity index (χ1) is 12.7. The van der Waals surface area contributed by atoms with E-state index in [1.807, 2.05) is 19.2 Å². The number of ether oxygens (including phenoxy) is 1. The lowest BCUT2D eigenvalue weighted by Gasteiger charge is -2.41. The summed E-state index contributed by atoms with van der Waals surface area (Å²) in [4.78, 5) is 2.42. The van der Waals surface area contributed by atoms with E-state index in [4.69, 9.17) is 4.74 Å². The predicted molar refractivity (Wildman–Crippen MR) is 102 cm³/mol. The molecule has 0 radical (unpaired) electrons. The van der Waals surface area contributed by atoms with Crippen LogP contribution in [0.1, 0.15) is 36.8 Å². The molecule has 1 spiro atoms. The fourth-order valence-electron chi connectivity index (χ4n) is 4.40. The molecule has 1 heterocycles. The normalized spacial score (nSPS) is 26.2. The number of halogens is 1. The van der Waals surface area contributed by atoms with Crippen molar-refractivity contribution in [2.45, 2.75) is 50.4 Å². The molecule has 1 saturated carbocycles. The zero-order valence-electron chi connectivity index (χ0n) is 15.4. The Morgan fingerprint density at radius 2 is 1.96 bits per heavy atom. The molecule has 0 bridgehead atoms. The molecule has 1 aliphatic heterocycles. The van der Waals surface area contributed by atoms with Crippen LogP contribution in [0.15, 0.2) is 48.5 Å². The van der Waals surface area contributed by atoms with Crippen molar-refractivity contribution in [2.75, 3.05) is 13.6 Å². The molecule has 1 fully saturated rings. The first kappa shape index (κ1) is 17.5. The Hall–Kier alpha value is -1.91. The van der Waals surface area contributed by atoms with E-state index in [-0.39, 0.29) is 11.4 Å². The van der Waals surface area contributed by atoms with Crippen molar-refractivity contribution < 1.29 is 9.13 Å². The van der Waals surface area contributed by atoms with E-state index in [1.165, 1.54) is 11.6 Å². The Bertz CT molecular complexity index is 755. The maximum Gasteiger partial charge on any atom is 0.124 e. The number of rotatable bonds is 3. The van der Waals surface area contributed by atoms with Crippen LogP contribution in [0.4, 0.5) is 4.39 Å². The Morgan fingerprint density at radius 1 is 1.15 bits per heavy atom. The summed E-state index contributed by atoms with van der Waals surface area (Å²) in [5.41, 5.74) is 2.09. The average Bonchev–Trinajstić information content (AvgIpc) is 2.78. The van der Waals surface area contributed by atoms with Crippen molar-refractivity contribution in [3.8, 4) is 5.75 Å². The third kappa shape index (κ3) is 3.76. The van der Waals surface area contributed by atoms with Gasteiger partial charge in [-0.1, -0.05) is 30.3 Å². The summed E-state index contributed by atoms with van der Waals surface area (Å²) in [6, 6.07) is 15.9. The fourth-order valence-corrected chi connectivity index (χ4v) is 4.40. The van der Waals surface area contributed by atoms with Crippen LogP contribution in [-0.2, 0) is 13.1 Å². The Labute approximate surface area is 155 Å². The van der Waals surface area contributed by atoms with Gasteiger partial charge in [-0.2, -0.15) is 0 Å². The van der Waals surface area contributed by atoms with Crippen LogP contribution >= 0.6 is 0 Å². The van der Waals surface area contributed by atoms with Crippen molar-refractivity contribution in [1.82, 2.24) is 10.2 Å². The van der Waals surface area contributed by atoms with Crippen molar-refractivity contribution >= 4 is 0 Å². The summed E-state index contributed by atoms with van der Waals surface area (Å²) in [5.74, 6) is 0.843. The highest BCUT2D eigenvalue weighted by atomic mass is 19.1. The fraction of sp³-hybridized carbons (Fsp3) is 0.455. The van der Waals surface area contributed by atoms with Crippen LogP contribution in [0.5, 0.6) is 5.75 Å². The molecule has 4 rings (SSSR count). The van der Waals surface area contributed by atoms with E-state index in [1.54, 1.807) is 12.1 Å². The quantitative estimate of drug-likeness (QED) is 0.897. The summed E-state index contributed by atoms with van der Waals surface area (Å²) < 4.78 is 20.2. The molecule has 138 valence electrons. The van der Waals surface area contributed by atoms with Crippen molar-refractivity contribution in [1.29, 1.82) is 0 Å². The Balaban J connectivity index is 1.60. The molecule has 1 aliphatic carbocycles. The molecule has 26 heavy (non-hydrogen) atoms. The molecule has 0 unspecified atom stereocenters. The minimum atomic E-state index is -0.168. The molecule has 2 aliphatic rings. The predicted octanol–water partition coefficient (Wildman–Crippen LogP) is 4.12. The second-order valence-electron chi connectivity index (χ2n) is 7.73. The van der Waals surface area contributed by atoms with Crippen LogP contribution < -0.4 is 10.1 Å². The van der Waals surface area contributed by atoms with Crippen molar-refractivity contribution in [3.63, 3.8) is 0 Å². The van der Waals surface area contributed by atoms with Gasteiger partial charge < -0.3 is 10.1 Å². The zero-order valence-corrected chi connectivity index (χ0v) is 15.4. The van der Waals surface area contributed by atoms with Gasteiger partial charge >= 0.3 is 0 Å². The molecule has 1 N–H and O–H groups in total. The molecule has 0 saturated heterocycles. The number of benzene rings is 2.